The summed E-state index contributed by atoms with van der Waals surface area (Å²) in [5.41, 5.74) is 6.88. The van der Waals surface area contributed by atoms with Crippen LogP contribution in [0.1, 0.15) is 39.0 Å². The van der Waals surface area contributed by atoms with Crippen LogP contribution >= 0.6 is 11.8 Å². The predicted molar refractivity (Wildman–Crippen MR) is 60.0 cm³/mol. The quantitative estimate of drug-likeness (QED) is 0.756. The van der Waals surface area contributed by atoms with Gasteiger partial charge in [-0.3, -0.25) is 0 Å². The van der Waals surface area contributed by atoms with Gasteiger partial charge in [0.05, 0.1) is 0 Å². The highest BCUT2D eigenvalue weighted by molar-refractivity contribution is 7.99. The Hall–Kier alpha value is 0.310. The minimum Gasteiger partial charge on any atom is -0.327 e. The normalized spacial score (nSPS) is 34.2. The maximum Gasteiger partial charge on any atom is 0.00805 e. The molecule has 2 atom stereocenters. The zero-order valence-corrected chi connectivity index (χ0v) is 9.41. The van der Waals surface area contributed by atoms with Crippen molar-refractivity contribution in [2.24, 2.45) is 17.1 Å². The molecule has 13 heavy (non-hydrogen) atoms. The Bertz CT molecular complexity index is 171. The molecule has 0 radical (unpaired) electrons. The fraction of sp³-hybridized carbons (Fsp3) is 1.00. The van der Waals surface area contributed by atoms with Crippen LogP contribution in [0.3, 0.4) is 0 Å². The molecule has 0 amide bonds. The summed E-state index contributed by atoms with van der Waals surface area (Å²) in [6, 6.07) is 0.486. The summed E-state index contributed by atoms with van der Waals surface area (Å²) in [4.78, 5) is 0. The average Bonchev–Trinajstić information content (AvgIpc) is 2.53. The van der Waals surface area contributed by atoms with Crippen molar-refractivity contribution in [3.63, 3.8) is 0 Å². The third-order valence-corrected chi connectivity index (χ3v) is 5.05. The van der Waals surface area contributed by atoms with Crippen molar-refractivity contribution >= 4 is 11.8 Å². The monoisotopic (exact) mass is 199 g/mol. The molecule has 2 aliphatic rings. The van der Waals surface area contributed by atoms with Crippen molar-refractivity contribution in [1.29, 1.82) is 0 Å². The van der Waals surface area contributed by atoms with Gasteiger partial charge in [-0.25, -0.2) is 0 Å². The van der Waals surface area contributed by atoms with E-state index in [0.29, 0.717) is 11.5 Å². The van der Waals surface area contributed by atoms with Crippen LogP contribution in [0, 0.1) is 11.3 Å². The van der Waals surface area contributed by atoms with Gasteiger partial charge in [0, 0.05) is 6.04 Å². The lowest BCUT2D eigenvalue weighted by atomic mass is 9.66. The number of rotatable bonds is 3. The van der Waals surface area contributed by atoms with Crippen LogP contribution in [0.2, 0.25) is 0 Å². The minimum atomic E-state index is 0.486. The summed E-state index contributed by atoms with van der Waals surface area (Å²) >= 11 is 2.08. The van der Waals surface area contributed by atoms with Crippen molar-refractivity contribution < 1.29 is 0 Å². The first-order valence-electron chi connectivity index (χ1n) is 5.53. The molecule has 1 nitrogen and oxygen atoms in total. The Morgan fingerprint density at radius 3 is 2.77 bits per heavy atom. The molecule has 76 valence electrons. The highest BCUT2D eigenvalue weighted by Gasteiger charge is 2.35. The van der Waals surface area contributed by atoms with Crippen LogP contribution in [0.4, 0.5) is 0 Å². The summed E-state index contributed by atoms with van der Waals surface area (Å²) in [6.45, 7) is 2.42. The number of nitrogens with two attached hydrogens (primary N) is 1. The molecule has 1 heterocycles. The van der Waals surface area contributed by atoms with E-state index in [1.807, 2.05) is 0 Å². The molecule has 2 unspecified atom stereocenters. The van der Waals surface area contributed by atoms with E-state index < -0.39 is 0 Å². The molecule has 0 aromatic carbocycles. The van der Waals surface area contributed by atoms with Gasteiger partial charge in [0.1, 0.15) is 0 Å². The molecule has 1 aliphatic carbocycles. The Morgan fingerprint density at radius 2 is 2.31 bits per heavy atom. The van der Waals surface area contributed by atoms with Crippen LogP contribution in [0.15, 0.2) is 0 Å². The topological polar surface area (TPSA) is 26.0 Å². The first kappa shape index (κ1) is 9.85. The molecule has 0 aromatic rings. The molecule has 0 spiro atoms. The van der Waals surface area contributed by atoms with Crippen molar-refractivity contribution in [1.82, 2.24) is 0 Å². The van der Waals surface area contributed by atoms with Gasteiger partial charge in [-0.05, 0) is 48.5 Å². The molecule has 0 bridgehead atoms. The van der Waals surface area contributed by atoms with Gasteiger partial charge < -0.3 is 5.73 Å². The van der Waals surface area contributed by atoms with Gasteiger partial charge in [-0.15, -0.1) is 0 Å². The second-order valence-electron chi connectivity index (χ2n) is 5.16. The van der Waals surface area contributed by atoms with E-state index in [9.17, 15) is 0 Å². The van der Waals surface area contributed by atoms with E-state index in [-0.39, 0.29) is 0 Å². The van der Waals surface area contributed by atoms with Crippen LogP contribution in [-0.4, -0.2) is 17.5 Å². The van der Waals surface area contributed by atoms with E-state index in [2.05, 4.69) is 18.7 Å². The third kappa shape index (κ3) is 2.21. The number of thioether (sulfide) groups is 1. The Kier molecular flexibility index (Phi) is 2.89. The Morgan fingerprint density at radius 1 is 1.54 bits per heavy atom. The fourth-order valence-corrected chi connectivity index (χ4v) is 3.96. The van der Waals surface area contributed by atoms with Gasteiger partial charge in [0.15, 0.2) is 0 Å². The average molecular weight is 199 g/mol. The molecular formula is C11H21NS. The molecular weight excluding hydrogens is 178 g/mol. The van der Waals surface area contributed by atoms with Crippen molar-refractivity contribution in [3.05, 3.63) is 0 Å². The molecule has 1 aliphatic heterocycles. The van der Waals surface area contributed by atoms with E-state index in [1.165, 1.54) is 43.6 Å². The summed E-state index contributed by atoms with van der Waals surface area (Å²) in [7, 11) is 0. The standard InChI is InChI=1S/C11H21NS/c1-11(4-2-5-11)7-10(12)9-3-6-13-8-9/h9-10H,2-8,12H2,1H3. The molecule has 1 saturated carbocycles. The first-order valence-corrected chi connectivity index (χ1v) is 6.68. The van der Waals surface area contributed by atoms with Gasteiger partial charge in [-0.1, -0.05) is 13.3 Å². The maximum absolute atomic E-state index is 6.26. The van der Waals surface area contributed by atoms with Crippen molar-refractivity contribution in [2.45, 2.75) is 45.1 Å². The van der Waals surface area contributed by atoms with E-state index in [4.69, 9.17) is 5.73 Å². The largest absolute Gasteiger partial charge is 0.327 e. The smallest absolute Gasteiger partial charge is 0.00805 e. The zero-order chi connectivity index (χ0) is 9.31. The zero-order valence-electron chi connectivity index (χ0n) is 8.59. The Balaban J connectivity index is 1.79. The summed E-state index contributed by atoms with van der Waals surface area (Å²) < 4.78 is 0. The molecule has 1 saturated heterocycles. The van der Waals surface area contributed by atoms with Crippen LogP contribution in [0.25, 0.3) is 0 Å². The summed E-state index contributed by atoms with van der Waals surface area (Å²) in [5.74, 6) is 3.48. The number of hydrogen-bond acceptors (Lipinski definition) is 2. The van der Waals surface area contributed by atoms with E-state index >= 15 is 0 Å². The van der Waals surface area contributed by atoms with Gasteiger partial charge >= 0.3 is 0 Å². The second-order valence-corrected chi connectivity index (χ2v) is 6.31. The van der Waals surface area contributed by atoms with Gasteiger partial charge in [-0.2, -0.15) is 11.8 Å². The van der Waals surface area contributed by atoms with Crippen LogP contribution in [-0.2, 0) is 0 Å². The number of hydrogen-bond donors (Lipinski definition) is 1. The van der Waals surface area contributed by atoms with Gasteiger partial charge in [0.2, 0.25) is 0 Å². The molecule has 0 aromatic heterocycles. The SMILES string of the molecule is CC1(CC(N)C2CCSC2)CCC1. The third-order valence-electron chi connectivity index (χ3n) is 3.86. The summed E-state index contributed by atoms with van der Waals surface area (Å²) in [6.07, 6.45) is 6.91. The lowest BCUT2D eigenvalue weighted by molar-refractivity contribution is 0.124. The molecule has 2 fully saturated rings. The van der Waals surface area contributed by atoms with Gasteiger partial charge in [0.25, 0.3) is 0 Å². The van der Waals surface area contributed by atoms with E-state index in [1.54, 1.807) is 0 Å². The molecule has 2 rings (SSSR count). The predicted octanol–water partition coefficient (Wildman–Crippen LogP) is 2.65. The highest BCUT2D eigenvalue weighted by atomic mass is 32.2. The molecule has 2 heteroatoms. The molecule has 2 N–H and O–H groups in total. The lowest BCUT2D eigenvalue weighted by Crippen LogP contribution is -2.39. The lowest BCUT2D eigenvalue weighted by Gasteiger charge is -2.41. The van der Waals surface area contributed by atoms with E-state index in [0.717, 1.165) is 5.92 Å². The van der Waals surface area contributed by atoms with Crippen LogP contribution in [0.5, 0.6) is 0 Å². The van der Waals surface area contributed by atoms with Crippen molar-refractivity contribution in [3.8, 4) is 0 Å². The Labute approximate surface area is 85.8 Å². The van der Waals surface area contributed by atoms with Crippen LogP contribution < -0.4 is 5.73 Å². The summed E-state index contributed by atoms with van der Waals surface area (Å²) in [5, 5.41) is 0. The second kappa shape index (κ2) is 3.82. The maximum atomic E-state index is 6.26. The van der Waals surface area contributed by atoms with Crippen molar-refractivity contribution in [2.75, 3.05) is 11.5 Å². The first-order chi connectivity index (χ1) is 6.20. The fourth-order valence-electron chi connectivity index (χ4n) is 2.61. The minimum absolute atomic E-state index is 0.486. The highest BCUT2D eigenvalue weighted by Crippen LogP contribution is 2.45.